The topological polar surface area (TPSA) is 53.1 Å². The van der Waals surface area contributed by atoms with Crippen molar-refractivity contribution in [3.05, 3.63) is 47.4 Å². The molecule has 2 N–H and O–H groups in total. The van der Waals surface area contributed by atoms with E-state index in [4.69, 9.17) is 12.2 Å². The van der Waals surface area contributed by atoms with Crippen LogP contribution in [-0.4, -0.2) is 34.2 Å². The SMILES string of the molecule is Cc1cc(N2CCCCC2C)nc(NC(=S)NCCCc2ccc(F)cc2)n1. The van der Waals surface area contributed by atoms with Gasteiger partial charge in [0.2, 0.25) is 5.95 Å². The molecule has 0 spiro atoms. The van der Waals surface area contributed by atoms with E-state index in [2.05, 4.69) is 32.4 Å². The fourth-order valence-electron chi connectivity index (χ4n) is 3.48. The van der Waals surface area contributed by atoms with Crippen LogP contribution in [0.2, 0.25) is 0 Å². The van der Waals surface area contributed by atoms with Crippen molar-refractivity contribution < 1.29 is 4.39 Å². The van der Waals surface area contributed by atoms with Crippen LogP contribution in [0.3, 0.4) is 0 Å². The molecule has 1 fully saturated rings. The average Bonchev–Trinajstić information content (AvgIpc) is 2.66. The Morgan fingerprint density at radius 2 is 2.04 bits per heavy atom. The highest BCUT2D eigenvalue weighted by Gasteiger charge is 2.20. The van der Waals surface area contributed by atoms with Gasteiger partial charge in [-0.05, 0) is 75.9 Å². The zero-order valence-electron chi connectivity index (χ0n) is 16.5. The van der Waals surface area contributed by atoms with E-state index in [9.17, 15) is 4.39 Å². The Hall–Kier alpha value is -2.28. The van der Waals surface area contributed by atoms with Crippen molar-refractivity contribution in [3.8, 4) is 0 Å². The van der Waals surface area contributed by atoms with Crippen LogP contribution in [0.25, 0.3) is 0 Å². The Morgan fingerprint density at radius 3 is 2.79 bits per heavy atom. The minimum atomic E-state index is -0.205. The first-order valence-electron chi connectivity index (χ1n) is 9.93. The predicted octanol–water partition coefficient (Wildman–Crippen LogP) is 4.22. The monoisotopic (exact) mass is 401 g/mol. The smallest absolute Gasteiger partial charge is 0.231 e. The van der Waals surface area contributed by atoms with Crippen molar-refractivity contribution in [2.75, 3.05) is 23.3 Å². The minimum absolute atomic E-state index is 0.205. The molecule has 0 aliphatic carbocycles. The van der Waals surface area contributed by atoms with Gasteiger partial charge in [0, 0.05) is 30.9 Å². The Morgan fingerprint density at radius 1 is 1.25 bits per heavy atom. The summed E-state index contributed by atoms with van der Waals surface area (Å²) in [6.45, 7) is 5.98. The zero-order valence-corrected chi connectivity index (χ0v) is 17.4. The van der Waals surface area contributed by atoms with Crippen molar-refractivity contribution in [1.82, 2.24) is 15.3 Å². The van der Waals surface area contributed by atoms with Crippen LogP contribution in [0.15, 0.2) is 30.3 Å². The van der Waals surface area contributed by atoms with Gasteiger partial charge < -0.3 is 15.5 Å². The average molecular weight is 402 g/mol. The highest BCUT2D eigenvalue weighted by Crippen LogP contribution is 2.24. The van der Waals surface area contributed by atoms with Gasteiger partial charge in [0.15, 0.2) is 5.11 Å². The van der Waals surface area contributed by atoms with Crippen LogP contribution >= 0.6 is 12.2 Å². The molecule has 0 saturated carbocycles. The fourth-order valence-corrected chi connectivity index (χ4v) is 3.68. The maximum Gasteiger partial charge on any atom is 0.231 e. The van der Waals surface area contributed by atoms with Crippen molar-refractivity contribution in [3.63, 3.8) is 0 Å². The van der Waals surface area contributed by atoms with E-state index in [0.29, 0.717) is 17.1 Å². The summed E-state index contributed by atoms with van der Waals surface area (Å²) >= 11 is 5.38. The highest BCUT2D eigenvalue weighted by molar-refractivity contribution is 7.80. The minimum Gasteiger partial charge on any atom is -0.362 e. The van der Waals surface area contributed by atoms with E-state index in [1.54, 1.807) is 0 Å². The number of halogens is 1. The standard InChI is InChI=1S/C21H28FN5S/c1-15-14-19(27-13-4-3-6-16(27)2)25-20(24-15)26-21(28)23-12-5-7-17-8-10-18(22)11-9-17/h8-11,14,16H,3-7,12-13H2,1-2H3,(H2,23,24,25,26,28). The van der Waals surface area contributed by atoms with Crippen LogP contribution in [0.1, 0.15) is 43.9 Å². The lowest BCUT2D eigenvalue weighted by atomic mass is 10.0. The van der Waals surface area contributed by atoms with Crippen molar-refractivity contribution in [2.24, 2.45) is 0 Å². The zero-order chi connectivity index (χ0) is 19.9. The molecule has 2 aromatic rings. The van der Waals surface area contributed by atoms with Gasteiger partial charge in [-0.3, -0.25) is 0 Å². The number of hydrogen-bond donors (Lipinski definition) is 2. The van der Waals surface area contributed by atoms with E-state index < -0.39 is 0 Å². The van der Waals surface area contributed by atoms with Gasteiger partial charge >= 0.3 is 0 Å². The van der Waals surface area contributed by atoms with Crippen LogP contribution < -0.4 is 15.5 Å². The van der Waals surface area contributed by atoms with Crippen LogP contribution in [0.5, 0.6) is 0 Å². The highest BCUT2D eigenvalue weighted by atomic mass is 32.1. The quantitative estimate of drug-likeness (QED) is 0.558. The number of hydrogen-bond acceptors (Lipinski definition) is 4. The molecule has 2 heterocycles. The van der Waals surface area contributed by atoms with E-state index in [1.807, 2.05) is 25.1 Å². The van der Waals surface area contributed by atoms with E-state index >= 15 is 0 Å². The molecule has 0 radical (unpaired) electrons. The molecule has 1 aromatic heterocycles. The third-order valence-corrected chi connectivity index (χ3v) is 5.25. The number of anilines is 2. The predicted molar refractivity (Wildman–Crippen MR) is 116 cm³/mol. The molecule has 1 aromatic carbocycles. The molecule has 1 unspecified atom stereocenters. The molecule has 28 heavy (non-hydrogen) atoms. The lowest BCUT2D eigenvalue weighted by molar-refractivity contribution is 0.481. The largest absolute Gasteiger partial charge is 0.362 e. The second-order valence-corrected chi connectivity index (χ2v) is 7.75. The van der Waals surface area contributed by atoms with Gasteiger partial charge in [-0.25, -0.2) is 9.37 Å². The second-order valence-electron chi connectivity index (χ2n) is 7.34. The number of aromatic nitrogens is 2. The fraction of sp³-hybridized carbons (Fsp3) is 0.476. The molecule has 1 saturated heterocycles. The van der Waals surface area contributed by atoms with Crippen molar-refractivity contribution in [2.45, 2.75) is 52.0 Å². The number of piperidine rings is 1. The summed E-state index contributed by atoms with van der Waals surface area (Å²) in [7, 11) is 0. The number of nitrogens with one attached hydrogen (secondary N) is 2. The second kappa shape index (κ2) is 9.78. The van der Waals surface area contributed by atoms with Crippen LogP contribution in [0, 0.1) is 12.7 Å². The third-order valence-electron chi connectivity index (χ3n) is 5.00. The summed E-state index contributed by atoms with van der Waals surface area (Å²) in [6, 6.07) is 9.14. The molecule has 1 aliphatic rings. The van der Waals surface area contributed by atoms with Crippen molar-refractivity contribution >= 4 is 29.1 Å². The number of aryl methyl sites for hydroxylation is 2. The Balaban J connectivity index is 1.50. The molecule has 3 rings (SSSR count). The summed E-state index contributed by atoms with van der Waals surface area (Å²) in [4.78, 5) is 11.5. The van der Waals surface area contributed by atoms with Gasteiger partial charge in [-0.15, -0.1) is 0 Å². The first kappa shape index (κ1) is 20.5. The molecule has 0 amide bonds. The number of rotatable bonds is 6. The molecule has 150 valence electrons. The van der Waals surface area contributed by atoms with E-state index in [1.165, 1.54) is 31.4 Å². The summed E-state index contributed by atoms with van der Waals surface area (Å²) in [5.74, 6) is 1.29. The third kappa shape index (κ3) is 5.86. The number of nitrogens with zero attached hydrogens (tertiary/aromatic N) is 3. The summed E-state index contributed by atoms with van der Waals surface area (Å²) < 4.78 is 12.9. The number of benzene rings is 1. The van der Waals surface area contributed by atoms with Gasteiger partial charge in [0.1, 0.15) is 11.6 Å². The maximum atomic E-state index is 12.9. The summed E-state index contributed by atoms with van der Waals surface area (Å²) in [5.41, 5.74) is 2.04. The first-order valence-corrected chi connectivity index (χ1v) is 10.3. The summed E-state index contributed by atoms with van der Waals surface area (Å²) in [5, 5.41) is 6.81. The van der Waals surface area contributed by atoms with Crippen LogP contribution in [-0.2, 0) is 6.42 Å². The van der Waals surface area contributed by atoms with Gasteiger partial charge in [-0.2, -0.15) is 4.98 Å². The molecular formula is C21H28FN5S. The molecule has 1 aliphatic heterocycles. The van der Waals surface area contributed by atoms with Gasteiger partial charge in [0.25, 0.3) is 0 Å². The lowest BCUT2D eigenvalue weighted by Gasteiger charge is -2.34. The Bertz CT molecular complexity index is 796. The Kier molecular flexibility index (Phi) is 7.14. The van der Waals surface area contributed by atoms with E-state index in [0.717, 1.165) is 43.0 Å². The molecule has 7 heteroatoms. The molecule has 5 nitrogen and oxygen atoms in total. The van der Waals surface area contributed by atoms with Crippen molar-refractivity contribution in [1.29, 1.82) is 0 Å². The maximum absolute atomic E-state index is 12.9. The van der Waals surface area contributed by atoms with E-state index in [-0.39, 0.29) is 5.82 Å². The first-order chi connectivity index (χ1) is 13.5. The summed E-state index contributed by atoms with van der Waals surface area (Å²) in [6.07, 6.45) is 5.44. The molecular weight excluding hydrogens is 373 g/mol. The molecule has 1 atom stereocenters. The van der Waals surface area contributed by atoms with Crippen LogP contribution in [0.4, 0.5) is 16.2 Å². The van der Waals surface area contributed by atoms with Gasteiger partial charge in [-0.1, -0.05) is 12.1 Å². The van der Waals surface area contributed by atoms with Gasteiger partial charge in [0.05, 0.1) is 0 Å². The molecule has 0 bridgehead atoms. The number of thiocarbonyl (C=S) groups is 1. The Labute approximate surface area is 171 Å². The lowest BCUT2D eigenvalue weighted by Crippen LogP contribution is -2.38. The normalized spacial score (nSPS) is 16.7.